The van der Waals surface area contributed by atoms with Crippen molar-refractivity contribution in [2.75, 3.05) is 6.61 Å². The molecule has 1 rings (SSSR count). The molecule has 0 saturated heterocycles. The van der Waals surface area contributed by atoms with E-state index in [0.717, 1.165) is 5.75 Å². The van der Waals surface area contributed by atoms with Crippen molar-refractivity contribution in [1.82, 2.24) is 0 Å². The molecule has 0 fully saturated rings. The summed E-state index contributed by atoms with van der Waals surface area (Å²) in [6.07, 6.45) is 7.28. The Kier molecular flexibility index (Phi) is 16.1. The first-order valence-corrected chi connectivity index (χ1v) is 6.10. The Balaban J connectivity index is 0. The molecule has 2 heteroatoms. The molecular formula is C17H24O2. The van der Waals surface area contributed by atoms with Gasteiger partial charge in [-0.3, -0.25) is 4.79 Å². The van der Waals surface area contributed by atoms with Gasteiger partial charge in [-0.25, -0.2) is 0 Å². The average molecular weight is 260 g/mol. The number of hydrogen-bond donors (Lipinski definition) is 0. The van der Waals surface area contributed by atoms with Crippen LogP contribution in [0.5, 0.6) is 5.75 Å². The Bertz CT molecular complexity index is 354. The number of benzene rings is 1. The lowest BCUT2D eigenvalue weighted by Crippen LogP contribution is -2.06. The van der Waals surface area contributed by atoms with E-state index in [9.17, 15) is 4.79 Å². The van der Waals surface area contributed by atoms with Crippen LogP contribution in [0.4, 0.5) is 0 Å². The first-order chi connectivity index (χ1) is 9.12. The Morgan fingerprint density at radius 1 is 1.11 bits per heavy atom. The van der Waals surface area contributed by atoms with Crippen LogP contribution in [0.15, 0.2) is 67.8 Å². The second kappa shape index (κ2) is 15.9. The molecule has 0 bridgehead atoms. The van der Waals surface area contributed by atoms with Crippen LogP contribution in [0.2, 0.25) is 0 Å². The summed E-state index contributed by atoms with van der Waals surface area (Å²) in [4.78, 5) is 10.5. The third-order valence-corrected chi connectivity index (χ3v) is 1.69. The number of ketones is 1. The molecule has 1 aromatic rings. The van der Waals surface area contributed by atoms with Crippen LogP contribution in [0.3, 0.4) is 0 Å². The lowest BCUT2D eigenvalue weighted by atomic mass is 10.3. The zero-order valence-electron chi connectivity index (χ0n) is 12.1. The molecule has 0 amide bonds. The van der Waals surface area contributed by atoms with Crippen molar-refractivity contribution >= 4 is 5.78 Å². The molecule has 0 saturated carbocycles. The summed E-state index contributed by atoms with van der Waals surface area (Å²) >= 11 is 0. The summed E-state index contributed by atoms with van der Waals surface area (Å²) in [6.45, 7) is 12.4. The monoisotopic (exact) mass is 260 g/mol. The van der Waals surface area contributed by atoms with E-state index in [1.54, 1.807) is 12.2 Å². The number of hydrogen-bond acceptors (Lipinski definition) is 2. The topological polar surface area (TPSA) is 26.3 Å². The van der Waals surface area contributed by atoms with E-state index in [0.29, 0.717) is 0 Å². The fraction of sp³-hybridized carbons (Fsp3) is 0.235. The normalized spacial score (nSPS) is 8.37. The fourth-order valence-corrected chi connectivity index (χ4v) is 0.702. The maximum absolute atomic E-state index is 10.5. The second-order valence-electron chi connectivity index (χ2n) is 3.44. The van der Waals surface area contributed by atoms with Crippen molar-refractivity contribution in [3.05, 3.63) is 67.8 Å². The maximum atomic E-state index is 10.5. The molecule has 0 aliphatic carbocycles. The van der Waals surface area contributed by atoms with E-state index in [1.807, 2.05) is 56.3 Å². The highest BCUT2D eigenvalue weighted by molar-refractivity contribution is 5.77. The molecule has 0 unspecified atom stereocenters. The van der Waals surface area contributed by atoms with Gasteiger partial charge in [0.15, 0.2) is 5.78 Å². The van der Waals surface area contributed by atoms with Crippen LogP contribution in [0, 0.1) is 0 Å². The van der Waals surface area contributed by atoms with E-state index < -0.39 is 0 Å². The number of carbonyl (C=O) groups excluding carboxylic acids is 1. The van der Waals surface area contributed by atoms with E-state index in [2.05, 4.69) is 13.2 Å². The van der Waals surface area contributed by atoms with E-state index in [4.69, 9.17) is 4.74 Å². The summed E-state index contributed by atoms with van der Waals surface area (Å²) in [5.74, 6) is 0.775. The Morgan fingerprint density at radius 3 is 1.89 bits per heavy atom. The van der Waals surface area contributed by atoms with Gasteiger partial charge in [0.25, 0.3) is 0 Å². The smallest absolute Gasteiger partial charge is 0.167 e. The van der Waals surface area contributed by atoms with Crippen molar-refractivity contribution in [3.8, 4) is 5.75 Å². The van der Waals surface area contributed by atoms with Crippen molar-refractivity contribution in [1.29, 1.82) is 0 Å². The van der Waals surface area contributed by atoms with E-state index >= 15 is 0 Å². The number of rotatable bonds is 4. The number of ether oxygens (including phenoxy) is 1. The number of Topliss-reactive ketones (excluding diaryl/α,β-unsaturated/α-hetero) is 1. The highest BCUT2D eigenvalue weighted by Gasteiger charge is 1.93. The predicted octanol–water partition coefficient (Wildman–Crippen LogP) is 4.60. The Labute approximate surface area is 117 Å². The minimum atomic E-state index is 0.0360. The highest BCUT2D eigenvalue weighted by Crippen LogP contribution is 2.07. The summed E-state index contributed by atoms with van der Waals surface area (Å²) in [6, 6.07) is 9.29. The zero-order valence-corrected chi connectivity index (χ0v) is 12.1. The zero-order chi connectivity index (χ0) is 14.9. The molecule has 0 N–H and O–H groups in total. The van der Waals surface area contributed by atoms with Gasteiger partial charge in [-0.05, 0) is 32.9 Å². The number of para-hydroxylation sites is 1. The third-order valence-electron chi connectivity index (χ3n) is 1.69. The summed E-state index contributed by atoms with van der Waals surface area (Å²) in [5, 5.41) is 0. The Hall–Kier alpha value is -2.09. The Morgan fingerprint density at radius 2 is 1.58 bits per heavy atom. The molecule has 19 heavy (non-hydrogen) atoms. The molecule has 0 heterocycles. The second-order valence-corrected chi connectivity index (χ2v) is 3.44. The number of carbonyl (C=O) groups is 1. The first-order valence-electron chi connectivity index (χ1n) is 6.10. The third kappa shape index (κ3) is 18.5. The first kappa shape index (κ1) is 19.3. The van der Waals surface area contributed by atoms with Crippen molar-refractivity contribution in [2.45, 2.75) is 20.8 Å². The molecule has 0 atom stereocenters. The van der Waals surface area contributed by atoms with Gasteiger partial charge in [-0.1, -0.05) is 55.7 Å². The molecule has 0 spiro atoms. The van der Waals surface area contributed by atoms with Gasteiger partial charge in [0, 0.05) is 0 Å². The van der Waals surface area contributed by atoms with Gasteiger partial charge in [-0.15, -0.1) is 0 Å². The SMILES string of the molecule is C/C=C\C.C=CC=C.CC(=O)COc1ccccc1. The largest absolute Gasteiger partial charge is 0.486 e. The number of allylic oxidation sites excluding steroid dienone is 4. The lowest BCUT2D eigenvalue weighted by molar-refractivity contribution is -0.118. The van der Waals surface area contributed by atoms with Gasteiger partial charge in [-0.2, -0.15) is 0 Å². The van der Waals surface area contributed by atoms with Gasteiger partial charge in [0.05, 0.1) is 0 Å². The minimum Gasteiger partial charge on any atom is -0.486 e. The van der Waals surface area contributed by atoms with E-state index in [-0.39, 0.29) is 12.4 Å². The van der Waals surface area contributed by atoms with Crippen molar-refractivity contribution < 1.29 is 9.53 Å². The molecular weight excluding hydrogens is 236 g/mol. The lowest BCUT2D eigenvalue weighted by Gasteiger charge is -2.01. The minimum absolute atomic E-state index is 0.0360. The van der Waals surface area contributed by atoms with Crippen LogP contribution < -0.4 is 4.74 Å². The summed E-state index contributed by atoms with van der Waals surface area (Å²) in [5.41, 5.74) is 0. The van der Waals surface area contributed by atoms with Gasteiger partial charge < -0.3 is 4.74 Å². The molecule has 2 nitrogen and oxygen atoms in total. The molecule has 1 aromatic carbocycles. The van der Waals surface area contributed by atoms with Gasteiger partial charge >= 0.3 is 0 Å². The summed E-state index contributed by atoms with van der Waals surface area (Å²) < 4.78 is 5.12. The molecule has 0 aliphatic heterocycles. The molecule has 0 radical (unpaired) electrons. The van der Waals surface area contributed by atoms with E-state index in [1.165, 1.54) is 6.92 Å². The van der Waals surface area contributed by atoms with Crippen LogP contribution in [-0.4, -0.2) is 12.4 Å². The predicted molar refractivity (Wildman–Crippen MR) is 83.5 cm³/mol. The highest BCUT2D eigenvalue weighted by atomic mass is 16.5. The molecule has 104 valence electrons. The van der Waals surface area contributed by atoms with Gasteiger partial charge in [0.1, 0.15) is 12.4 Å². The summed E-state index contributed by atoms with van der Waals surface area (Å²) in [7, 11) is 0. The maximum Gasteiger partial charge on any atom is 0.167 e. The van der Waals surface area contributed by atoms with Crippen LogP contribution in [0.1, 0.15) is 20.8 Å². The standard InChI is InChI=1S/C9H10O2.C4H8.C4H6/c1-8(10)7-11-9-5-3-2-4-6-9;2*1-3-4-2/h2-6H,7H2,1H3;3-4H,1-2H3;3-4H,1-2H2/b;4-3-;. The molecule has 0 aromatic heterocycles. The van der Waals surface area contributed by atoms with Crippen LogP contribution >= 0.6 is 0 Å². The van der Waals surface area contributed by atoms with Crippen molar-refractivity contribution in [2.24, 2.45) is 0 Å². The van der Waals surface area contributed by atoms with Gasteiger partial charge in [0.2, 0.25) is 0 Å². The van der Waals surface area contributed by atoms with Crippen LogP contribution in [-0.2, 0) is 4.79 Å². The quantitative estimate of drug-likeness (QED) is 0.584. The fourth-order valence-electron chi connectivity index (χ4n) is 0.702. The molecule has 0 aliphatic rings. The average Bonchev–Trinajstić information content (AvgIpc) is 2.46. The van der Waals surface area contributed by atoms with Crippen molar-refractivity contribution in [3.63, 3.8) is 0 Å². The van der Waals surface area contributed by atoms with Crippen LogP contribution in [0.25, 0.3) is 0 Å².